The highest BCUT2D eigenvalue weighted by Crippen LogP contribution is 2.41. The molecule has 1 atom stereocenters. The van der Waals surface area contributed by atoms with Gasteiger partial charge < -0.3 is 14.2 Å². The molecule has 3 aromatic rings. The molecule has 0 aromatic carbocycles. The van der Waals surface area contributed by atoms with Gasteiger partial charge in [-0.15, -0.1) is 0 Å². The molecule has 0 radical (unpaired) electrons. The predicted octanol–water partition coefficient (Wildman–Crippen LogP) is 2.86. The molecule has 0 aliphatic carbocycles. The van der Waals surface area contributed by atoms with Crippen LogP contribution in [0.15, 0.2) is 12.1 Å². The lowest BCUT2D eigenvalue weighted by Gasteiger charge is -2.34. The monoisotopic (exact) mass is 391 g/mol. The van der Waals surface area contributed by atoms with E-state index in [-0.39, 0.29) is 6.04 Å². The van der Waals surface area contributed by atoms with Gasteiger partial charge in [-0.2, -0.15) is 9.47 Å². The third kappa shape index (κ3) is 3.06. The minimum absolute atomic E-state index is 0.220. The van der Waals surface area contributed by atoms with Crippen LogP contribution in [0.2, 0.25) is 0 Å². The van der Waals surface area contributed by atoms with Crippen LogP contribution in [0.3, 0.4) is 0 Å². The van der Waals surface area contributed by atoms with Crippen molar-refractivity contribution >= 4 is 40.0 Å². The molecule has 4 heterocycles. The number of H-pyrrole nitrogens is 1. The Hall–Kier alpha value is -1.76. The largest absolute Gasteiger partial charge is 0.377 e. The first-order valence-corrected chi connectivity index (χ1v) is 11.9. The van der Waals surface area contributed by atoms with E-state index in [9.17, 15) is 4.57 Å². The van der Waals surface area contributed by atoms with Crippen molar-refractivity contribution in [3.05, 3.63) is 17.8 Å². The molecule has 1 aliphatic heterocycles. The number of aromatic amines is 1. The smallest absolute Gasteiger partial charge is 0.131 e. The molecule has 26 heavy (non-hydrogen) atoms. The molecule has 9 heteroatoms. The van der Waals surface area contributed by atoms with E-state index in [1.165, 1.54) is 11.5 Å². The van der Waals surface area contributed by atoms with E-state index < -0.39 is 7.14 Å². The molecule has 1 saturated heterocycles. The van der Waals surface area contributed by atoms with Gasteiger partial charge in [0.2, 0.25) is 0 Å². The topological polar surface area (TPSA) is 84.0 Å². The quantitative estimate of drug-likeness (QED) is 0.691. The summed E-state index contributed by atoms with van der Waals surface area (Å²) in [5.41, 5.74) is 3.25. The van der Waals surface area contributed by atoms with Gasteiger partial charge in [0.25, 0.3) is 0 Å². The first-order chi connectivity index (χ1) is 12.3. The highest BCUT2D eigenvalue weighted by Gasteiger charge is 2.27. The number of anilines is 1. The predicted molar refractivity (Wildman–Crippen MR) is 106 cm³/mol. The number of nitrogens with zero attached hydrogens (tertiary/aromatic N) is 4. The Labute approximate surface area is 156 Å². The molecule has 1 aliphatic rings. The van der Waals surface area contributed by atoms with Crippen molar-refractivity contribution in [1.82, 2.24) is 19.6 Å². The van der Waals surface area contributed by atoms with Gasteiger partial charge in [-0.05, 0) is 50.8 Å². The van der Waals surface area contributed by atoms with Crippen LogP contribution >= 0.6 is 18.7 Å². The van der Waals surface area contributed by atoms with Crippen LogP contribution in [0.4, 0.5) is 5.82 Å². The Morgan fingerprint density at radius 2 is 2.19 bits per heavy atom. The number of ether oxygens (including phenoxy) is 1. The summed E-state index contributed by atoms with van der Waals surface area (Å²) in [5, 5.41) is 8.13. The first-order valence-electron chi connectivity index (χ1n) is 8.57. The molecule has 138 valence electrons. The van der Waals surface area contributed by atoms with Gasteiger partial charge in [-0.25, -0.2) is 4.98 Å². The Kier molecular flexibility index (Phi) is 4.37. The third-order valence-corrected chi connectivity index (χ3v) is 7.12. The summed E-state index contributed by atoms with van der Waals surface area (Å²) in [7, 11) is -2.49. The second-order valence-electron chi connectivity index (χ2n) is 7.11. The number of aryl methyl sites for hydroxylation is 1. The van der Waals surface area contributed by atoms with Crippen LogP contribution < -0.4 is 10.2 Å². The lowest BCUT2D eigenvalue weighted by atomic mass is 10.2. The van der Waals surface area contributed by atoms with Crippen LogP contribution in [-0.2, 0) is 9.30 Å². The van der Waals surface area contributed by atoms with Gasteiger partial charge >= 0.3 is 0 Å². The molecule has 0 spiro atoms. The maximum Gasteiger partial charge on any atom is 0.131 e. The number of rotatable bonds is 3. The van der Waals surface area contributed by atoms with Crippen LogP contribution in [0.25, 0.3) is 21.6 Å². The lowest BCUT2D eigenvalue weighted by molar-refractivity contribution is 0.0986. The van der Waals surface area contributed by atoms with E-state index in [1.54, 1.807) is 13.3 Å². The minimum Gasteiger partial charge on any atom is -0.377 e. The van der Waals surface area contributed by atoms with Crippen molar-refractivity contribution in [2.75, 3.05) is 38.0 Å². The molecule has 4 rings (SSSR count). The fourth-order valence-electron chi connectivity index (χ4n) is 3.21. The molecule has 0 bridgehead atoms. The summed E-state index contributed by atoms with van der Waals surface area (Å²) in [6.07, 6.45) is 0. The summed E-state index contributed by atoms with van der Waals surface area (Å²) in [6, 6.07) is 4.15. The summed E-state index contributed by atoms with van der Waals surface area (Å²) in [4.78, 5) is 7.13. The van der Waals surface area contributed by atoms with Crippen molar-refractivity contribution in [2.45, 2.75) is 19.9 Å². The molecular formula is C17H22N5O2PS. The van der Waals surface area contributed by atoms with Gasteiger partial charge in [-0.3, -0.25) is 5.10 Å². The summed E-state index contributed by atoms with van der Waals surface area (Å²) >= 11 is 1.35. The summed E-state index contributed by atoms with van der Waals surface area (Å²) < 4.78 is 24.0. The number of nitrogens with one attached hydrogen (secondary N) is 1. The van der Waals surface area contributed by atoms with Crippen LogP contribution in [0.5, 0.6) is 0 Å². The SMILES string of the molecule is Cc1cc(-c2nsc3c(P(C)(C)=O)cc(N4CCOC[C@H]4C)nc23)n[nH]1. The number of pyridine rings is 1. The molecule has 0 unspecified atom stereocenters. The number of morpholine rings is 1. The van der Waals surface area contributed by atoms with Crippen molar-refractivity contribution in [3.8, 4) is 11.4 Å². The maximum absolute atomic E-state index is 13.0. The molecule has 0 amide bonds. The normalized spacial score (nSPS) is 18.6. The summed E-state index contributed by atoms with van der Waals surface area (Å²) in [5.74, 6) is 0.834. The average Bonchev–Trinajstić information content (AvgIpc) is 3.19. The average molecular weight is 391 g/mol. The molecule has 0 saturated carbocycles. The maximum atomic E-state index is 13.0. The molecule has 3 aromatic heterocycles. The van der Waals surface area contributed by atoms with Crippen molar-refractivity contribution in [1.29, 1.82) is 0 Å². The fourth-order valence-corrected chi connectivity index (χ4v) is 5.76. The van der Waals surface area contributed by atoms with Crippen molar-refractivity contribution in [2.24, 2.45) is 0 Å². The van der Waals surface area contributed by atoms with Crippen molar-refractivity contribution in [3.63, 3.8) is 0 Å². The molecule has 1 fully saturated rings. The zero-order valence-electron chi connectivity index (χ0n) is 15.3. The Balaban J connectivity index is 1.94. The molecule has 7 nitrogen and oxygen atoms in total. The zero-order valence-corrected chi connectivity index (χ0v) is 17.0. The first kappa shape index (κ1) is 17.6. The van der Waals surface area contributed by atoms with E-state index in [2.05, 4.69) is 26.4 Å². The number of aromatic nitrogens is 4. The summed E-state index contributed by atoms with van der Waals surface area (Å²) in [6.45, 7) is 9.77. The van der Waals surface area contributed by atoms with Crippen molar-refractivity contribution < 1.29 is 9.30 Å². The third-order valence-electron chi connectivity index (χ3n) is 4.58. The second-order valence-corrected chi connectivity index (χ2v) is 11.1. The highest BCUT2D eigenvalue weighted by molar-refractivity contribution is 7.71. The Morgan fingerprint density at radius 3 is 2.85 bits per heavy atom. The van der Waals surface area contributed by atoms with E-state index in [0.717, 1.165) is 45.0 Å². The van der Waals surface area contributed by atoms with E-state index in [0.29, 0.717) is 13.2 Å². The van der Waals surface area contributed by atoms with E-state index in [1.807, 2.05) is 19.1 Å². The molecule has 1 N–H and O–H groups in total. The number of hydrogen-bond acceptors (Lipinski definition) is 7. The standard InChI is InChI=1S/C17H22N5O2PS/c1-10-7-12(20-19-10)15-16-17(26-21-15)13(25(3,4)23)8-14(18-16)22-5-6-24-9-11(22)2/h7-8,11H,5-6,9H2,1-4H3,(H,19,20)/t11-/m1/s1. The van der Waals surface area contributed by atoms with Crippen LogP contribution in [0, 0.1) is 6.92 Å². The molecular weight excluding hydrogens is 369 g/mol. The fraction of sp³-hybridized carbons (Fsp3) is 0.471. The second kappa shape index (κ2) is 6.44. The number of hydrogen-bond donors (Lipinski definition) is 1. The van der Waals surface area contributed by atoms with Gasteiger partial charge in [-0.1, -0.05) is 0 Å². The van der Waals surface area contributed by atoms with Crippen LogP contribution in [0.1, 0.15) is 12.6 Å². The van der Waals surface area contributed by atoms with Gasteiger partial charge in [0.15, 0.2) is 0 Å². The Bertz CT molecular complexity index is 1010. The minimum atomic E-state index is -2.49. The highest BCUT2D eigenvalue weighted by atomic mass is 32.1. The Morgan fingerprint density at radius 1 is 1.38 bits per heavy atom. The van der Waals surface area contributed by atoms with Crippen LogP contribution in [-0.4, -0.2) is 58.7 Å². The van der Waals surface area contributed by atoms with Gasteiger partial charge in [0.1, 0.15) is 29.9 Å². The van der Waals surface area contributed by atoms with Gasteiger partial charge in [0, 0.05) is 17.5 Å². The lowest BCUT2D eigenvalue weighted by Crippen LogP contribution is -2.44. The number of fused-ring (bicyclic) bond motifs is 1. The van der Waals surface area contributed by atoms with E-state index in [4.69, 9.17) is 9.72 Å². The van der Waals surface area contributed by atoms with E-state index >= 15 is 0 Å². The van der Waals surface area contributed by atoms with Gasteiger partial charge in [0.05, 0.1) is 24.0 Å². The zero-order chi connectivity index (χ0) is 18.5.